The molecule has 0 radical (unpaired) electrons. The number of ether oxygens (including phenoxy) is 1. The van der Waals surface area contributed by atoms with Crippen LogP contribution >= 0.6 is 11.3 Å². The summed E-state index contributed by atoms with van der Waals surface area (Å²) in [5.41, 5.74) is 1.54. The predicted octanol–water partition coefficient (Wildman–Crippen LogP) is 2.56. The number of carbonyl (C=O) groups excluding carboxylic acids is 1. The highest BCUT2D eigenvalue weighted by Crippen LogP contribution is 2.25. The summed E-state index contributed by atoms with van der Waals surface area (Å²) in [6, 6.07) is 6.87. The van der Waals surface area contributed by atoms with E-state index in [1.54, 1.807) is 18.4 Å². The largest absolute Gasteiger partial charge is 0.496 e. The average molecular weight is 329 g/mol. The van der Waals surface area contributed by atoms with Gasteiger partial charge in [-0.2, -0.15) is 0 Å². The molecule has 0 unspecified atom stereocenters. The Morgan fingerprint density at radius 1 is 1.35 bits per heavy atom. The first-order valence-corrected chi connectivity index (χ1v) is 7.73. The first kappa shape index (κ1) is 15.2. The monoisotopic (exact) mass is 329 g/mol. The van der Waals surface area contributed by atoms with E-state index < -0.39 is 0 Å². The number of pyridine rings is 1. The number of aromatic nitrogens is 2. The SMILES string of the molecule is COc1cc(=O)n(C)cc1C(=O)Nc1ccc2sc(C)nc2c1. The number of thiazole rings is 1. The van der Waals surface area contributed by atoms with Crippen LogP contribution in [0.15, 0.2) is 35.3 Å². The zero-order chi connectivity index (χ0) is 16.6. The number of hydrogen-bond acceptors (Lipinski definition) is 5. The number of fused-ring (bicyclic) bond motifs is 1. The zero-order valence-corrected chi connectivity index (χ0v) is 13.7. The smallest absolute Gasteiger partial charge is 0.260 e. The van der Waals surface area contributed by atoms with Gasteiger partial charge in [0, 0.05) is 25.0 Å². The van der Waals surface area contributed by atoms with Crippen molar-refractivity contribution in [2.45, 2.75) is 6.92 Å². The lowest BCUT2D eigenvalue weighted by Gasteiger charge is -2.10. The average Bonchev–Trinajstić information content (AvgIpc) is 2.88. The number of aryl methyl sites for hydroxylation is 2. The van der Waals surface area contributed by atoms with Crippen LogP contribution in [0.5, 0.6) is 5.75 Å². The number of hydrogen-bond donors (Lipinski definition) is 1. The quantitative estimate of drug-likeness (QED) is 0.801. The predicted molar refractivity (Wildman–Crippen MR) is 90.5 cm³/mol. The summed E-state index contributed by atoms with van der Waals surface area (Å²) in [4.78, 5) is 28.5. The Balaban J connectivity index is 1.94. The van der Waals surface area contributed by atoms with Gasteiger partial charge in [-0.25, -0.2) is 4.98 Å². The molecule has 0 saturated heterocycles. The highest BCUT2D eigenvalue weighted by Gasteiger charge is 2.15. The van der Waals surface area contributed by atoms with Gasteiger partial charge in [0.05, 0.1) is 27.9 Å². The molecule has 6 nitrogen and oxygen atoms in total. The summed E-state index contributed by atoms with van der Waals surface area (Å²) in [7, 11) is 3.01. The number of nitrogens with zero attached hydrogens (tertiary/aromatic N) is 2. The molecule has 0 bridgehead atoms. The summed E-state index contributed by atoms with van der Waals surface area (Å²) in [5, 5.41) is 3.79. The molecule has 2 aromatic heterocycles. The molecule has 0 saturated carbocycles. The van der Waals surface area contributed by atoms with Crippen molar-refractivity contribution >= 4 is 33.1 Å². The second kappa shape index (κ2) is 5.85. The van der Waals surface area contributed by atoms with Crippen LogP contribution < -0.4 is 15.6 Å². The van der Waals surface area contributed by atoms with Crippen LogP contribution in [0.25, 0.3) is 10.2 Å². The number of methoxy groups -OCH3 is 1. The fraction of sp³-hybridized carbons (Fsp3) is 0.188. The van der Waals surface area contributed by atoms with Crippen molar-refractivity contribution in [1.82, 2.24) is 9.55 Å². The highest BCUT2D eigenvalue weighted by molar-refractivity contribution is 7.18. The molecule has 3 rings (SSSR count). The van der Waals surface area contributed by atoms with Crippen LogP contribution in [0.4, 0.5) is 5.69 Å². The molecule has 0 fully saturated rings. The zero-order valence-electron chi connectivity index (χ0n) is 12.9. The van der Waals surface area contributed by atoms with Crippen LogP contribution in [0, 0.1) is 6.92 Å². The number of nitrogens with one attached hydrogen (secondary N) is 1. The maximum atomic E-state index is 12.5. The van der Waals surface area contributed by atoms with E-state index >= 15 is 0 Å². The molecule has 118 valence electrons. The summed E-state index contributed by atoms with van der Waals surface area (Å²) >= 11 is 1.60. The second-order valence-electron chi connectivity index (χ2n) is 5.07. The molecule has 0 aliphatic rings. The second-order valence-corrected chi connectivity index (χ2v) is 6.31. The third kappa shape index (κ3) is 2.95. The standard InChI is InChI=1S/C16H15N3O3S/c1-9-17-12-6-10(4-5-14(12)23-9)18-16(21)11-8-19(2)15(20)7-13(11)22-3/h4-8H,1-3H3,(H,18,21). The van der Waals surface area contributed by atoms with Gasteiger partial charge >= 0.3 is 0 Å². The van der Waals surface area contributed by atoms with E-state index in [9.17, 15) is 9.59 Å². The van der Waals surface area contributed by atoms with Gasteiger partial charge in [-0.3, -0.25) is 9.59 Å². The summed E-state index contributed by atoms with van der Waals surface area (Å²) in [6.45, 7) is 1.94. The number of anilines is 1. The van der Waals surface area contributed by atoms with Gasteiger partial charge < -0.3 is 14.6 Å². The Labute approximate surface area is 136 Å². The van der Waals surface area contributed by atoms with Crippen molar-refractivity contribution in [3.05, 3.63) is 51.4 Å². The molecular weight excluding hydrogens is 314 g/mol. The first-order chi connectivity index (χ1) is 11.0. The molecule has 1 amide bonds. The lowest BCUT2D eigenvalue weighted by molar-refractivity contribution is 0.102. The number of amides is 1. The molecule has 0 spiro atoms. The summed E-state index contributed by atoms with van der Waals surface area (Å²) in [6.07, 6.45) is 1.46. The molecule has 3 aromatic rings. The third-order valence-corrected chi connectivity index (χ3v) is 4.36. The number of benzene rings is 1. The fourth-order valence-electron chi connectivity index (χ4n) is 2.27. The molecular formula is C16H15N3O3S. The summed E-state index contributed by atoms with van der Waals surface area (Å²) in [5.74, 6) is -0.0973. The maximum Gasteiger partial charge on any atom is 0.260 e. The van der Waals surface area contributed by atoms with Crippen molar-refractivity contribution in [2.75, 3.05) is 12.4 Å². The minimum absolute atomic E-state index is 0.238. The van der Waals surface area contributed by atoms with E-state index in [2.05, 4.69) is 10.3 Å². The van der Waals surface area contributed by atoms with Crippen LogP contribution in [0.2, 0.25) is 0 Å². The topological polar surface area (TPSA) is 73.2 Å². The lowest BCUT2D eigenvalue weighted by Crippen LogP contribution is -2.21. The normalized spacial score (nSPS) is 10.7. The van der Waals surface area contributed by atoms with Gasteiger partial charge in [-0.05, 0) is 25.1 Å². The van der Waals surface area contributed by atoms with E-state index in [0.717, 1.165) is 15.2 Å². The van der Waals surface area contributed by atoms with Crippen LogP contribution in [-0.2, 0) is 7.05 Å². The highest BCUT2D eigenvalue weighted by atomic mass is 32.1. The Morgan fingerprint density at radius 2 is 2.13 bits per heavy atom. The fourth-order valence-corrected chi connectivity index (χ4v) is 3.08. The van der Waals surface area contributed by atoms with Crippen LogP contribution in [-0.4, -0.2) is 22.6 Å². The Bertz CT molecular complexity index is 959. The van der Waals surface area contributed by atoms with E-state index in [1.165, 1.54) is 23.9 Å². The van der Waals surface area contributed by atoms with Gasteiger partial charge in [0.25, 0.3) is 11.5 Å². The van der Waals surface area contributed by atoms with Crippen LogP contribution in [0.1, 0.15) is 15.4 Å². The van der Waals surface area contributed by atoms with Crippen molar-refractivity contribution in [3.63, 3.8) is 0 Å². The van der Waals surface area contributed by atoms with Crippen molar-refractivity contribution in [1.29, 1.82) is 0 Å². The molecule has 0 aliphatic carbocycles. The van der Waals surface area contributed by atoms with Crippen molar-refractivity contribution in [3.8, 4) is 5.75 Å². The van der Waals surface area contributed by atoms with Gasteiger partial charge in [0.2, 0.25) is 0 Å². The molecule has 0 atom stereocenters. The molecule has 0 aliphatic heterocycles. The Kier molecular flexibility index (Phi) is 3.87. The van der Waals surface area contributed by atoms with E-state index in [4.69, 9.17) is 4.74 Å². The molecule has 2 heterocycles. The summed E-state index contributed by atoms with van der Waals surface area (Å²) < 4.78 is 7.54. The van der Waals surface area contributed by atoms with Crippen molar-refractivity contribution in [2.24, 2.45) is 7.05 Å². The Morgan fingerprint density at radius 3 is 2.87 bits per heavy atom. The van der Waals surface area contributed by atoms with Gasteiger partial charge in [-0.1, -0.05) is 0 Å². The third-order valence-electron chi connectivity index (χ3n) is 3.41. The van der Waals surface area contributed by atoms with Gasteiger partial charge in [0.1, 0.15) is 5.75 Å². The van der Waals surface area contributed by atoms with E-state index in [-0.39, 0.29) is 17.2 Å². The molecule has 1 aromatic carbocycles. The van der Waals surface area contributed by atoms with E-state index in [0.29, 0.717) is 11.3 Å². The Hall–Kier alpha value is -2.67. The van der Waals surface area contributed by atoms with Crippen molar-refractivity contribution < 1.29 is 9.53 Å². The molecule has 1 N–H and O–H groups in total. The van der Waals surface area contributed by atoms with E-state index in [1.807, 2.05) is 25.1 Å². The number of rotatable bonds is 3. The van der Waals surface area contributed by atoms with Crippen LogP contribution in [0.3, 0.4) is 0 Å². The number of carbonyl (C=O) groups is 1. The first-order valence-electron chi connectivity index (χ1n) is 6.91. The minimum Gasteiger partial charge on any atom is -0.496 e. The molecule has 7 heteroatoms. The maximum absolute atomic E-state index is 12.5. The van der Waals surface area contributed by atoms with Gasteiger partial charge in [0.15, 0.2) is 0 Å². The lowest BCUT2D eigenvalue weighted by atomic mass is 10.2. The minimum atomic E-state index is -0.344. The molecule has 23 heavy (non-hydrogen) atoms. The van der Waals surface area contributed by atoms with Gasteiger partial charge in [-0.15, -0.1) is 11.3 Å².